The number of para-hydroxylation sites is 3. The van der Waals surface area contributed by atoms with Crippen LogP contribution in [0.15, 0.2) is 213 Å². The Hall–Kier alpha value is -10.8. The number of fused-ring (bicyclic) bond motifs is 6. The van der Waals surface area contributed by atoms with E-state index in [0.717, 1.165) is 18.6 Å². The Kier molecular flexibility index (Phi) is 14.9. The molecule has 0 aromatic heterocycles. The van der Waals surface area contributed by atoms with E-state index in [1.54, 1.807) is 200 Å². The highest BCUT2D eigenvalue weighted by Crippen LogP contribution is 2.47. The van der Waals surface area contributed by atoms with Crippen LogP contribution < -0.4 is 74.8 Å². The normalized spacial score (nSPS) is 14.7. The van der Waals surface area contributed by atoms with Crippen molar-refractivity contribution in [3.63, 3.8) is 0 Å². The van der Waals surface area contributed by atoms with Gasteiger partial charge in [0.2, 0.25) is 0 Å². The smallest absolute Gasteiger partial charge is 0.497 e. The van der Waals surface area contributed by atoms with Crippen molar-refractivity contribution in [1.29, 1.82) is 0 Å². The maximum absolute atomic E-state index is 18.3. The van der Waals surface area contributed by atoms with Crippen LogP contribution in [-0.2, 0) is 0 Å². The van der Waals surface area contributed by atoms with Crippen molar-refractivity contribution in [2.24, 2.45) is 0 Å². The molecule has 0 radical (unpaired) electrons. The van der Waals surface area contributed by atoms with Crippen LogP contribution in [0.3, 0.4) is 0 Å². The van der Waals surface area contributed by atoms with Crippen LogP contribution in [-0.4, -0.2) is 63.8 Å². The van der Waals surface area contributed by atoms with Gasteiger partial charge < -0.3 is 81.8 Å². The van der Waals surface area contributed by atoms with Crippen LogP contribution in [0.2, 0.25) is 0 Å². The third kappa shape index (κ3) is 10.3. The van der Waals surface area contributed by atoms with E-state index in [1.165, 1.54) is 42.7 Å². The van der Waals surface area contributed by atoms with Crippen LogP contribution in [0.5, 0.6) is 34.5 Å². The van der Waals surface area contributed by atoms with Gasteiger partial charge in [-0.05, 0) is 106 Å². The molecule has 0 spiro atoms. The summed E-state index contributed by atoms with van der Waals surface area (Å²) in [5.74, 6) is 2.97. The molecular weight excluding hydrogens is 1160 g/mol. The first-order valence-corrected chi connectivity index (χ1v) is 28.5. The molecule has 13 rings (SSSR count). The minimum absolute atomic E-state index is 0.0968. The fraction of sp³-hybridized carbons (Fsp3) is 0.0870. The minimum Gasteiger partial charge on any atom is -0.497 e. The molecule has 0 N–H and O–H groups in total. The Morgan fingerprint density at radius 3 is 0.578 bits per heavy atom. The molecule has 90 heavy (non-hydrogen) atoms. The Balaban J connectivity index is 1.16. The summed E-state index contributed by atoms with van der Waals surface area (Å²) >= 11 is 0. The van der Waals surface area contributed by atoms with Gasteiger partial charge in [-0.3, -0.25) is 0 Å². The van der Waals surface area contributed by atoms with Crippen molar-refractivity contribution in [2.75, 3.05) is 57.1 Å². The molecule has 0 unspecified atom stereocenters. The molecule has 3 heterocycles. The van der Waals surface area contributed by atoms with Gasteiger partial charge in [-0.2, -0.15) is 0 Å². The van der Waals surface area contributed by atoms with Crippen LogP contribution in [0.4, 0.5) is 43.0 Å². The highest BCUT2D eigenvalue weighted by Gasteiger charge is 2.59. The zero-order valence-electron chi connectivity index (χ0n) is 49.3. The van der Waals surface area contributed by atoms with E-state index in [9.17, 15) is 0 Å². The number of methoxy groups -OCH3 is 6. The molecule has 3 aliphatic heterocycles. The lowest BCUT2D eigenvalue weighted by atomic mass is 9.88. The second kappa shape index (κ2) is 23.0. The Bertz CT molecular complexity index is 4120. The monoisotopic (exact) mass is 1220 g/mol. The minimum atomic E-state index is -5.36. The van der Waals surface area contributed by atoms with Gasteiger partial charge in [0.15, 0.2) is 15.7 Å². The van der Waals surface area contributed by atoms with E-state index in [2.05, 4.69) is 0 Å². The summed E-state index contributed by atoms with van der Waals surface area (Å²) in [7, 11) is -7.10. The molecule has 0 aliphatic carbocycles. The van der Waals surface area contributed by atoms with Gasteiger partial charge in [0.25, 0.3) is 0 Å². The number of nitrogens with zero attached hydrogens (tertiary/aromatic N) is 3. The highest BCUT2D eigenvalue weighted by atomic mass is 19.3. The van der Waals surface area contributed by atoms with Crippen molar-refractivity contribution in [1.82, 2.24) is 0 Å². The SMILES string of the molecule is COc1ccc(-c2cccc(-c3ccc(OC)cc3)c2N2C=c3c(c4c(c5c3=[O+][B-](F)(F)N(c3c(-c6ccc(OC)cc6)cccc3-c3ccc(OC)cc3)C=5)=[O+][B-](F)(F)N(c3c(-c5ccc(OC)cc5)cccc3-c3ccc(OC)cc3)C=4)=[O+][B-]2(F)F)cc1. The number of ether oxygens (including phenoxy) is 6. The van der Waals surface area contributed by atoms with Gasteiger partial charge in [-0.25, -0.2) is 0 Å². The Morgan fingerprint density at radius 2 is 0.422 bits per heavy atom. The van der Waals surface area contributed by atoms with Gasteiger partial charge >= 0.3 is 37.4 Å². The predicted octanol–water partition coefficient (Wildman–Crippen LogP) is 12.5. The average molecular weight is 1220 g/mol. The number of anilines is 3. The molecular formula is C69H54B3F6N3O9. The zero-order valence-corrected chi connectivity index (χ0v) is 49.3. The predicted molar refractivity (Wildman–Crippen MR) is 347 cm³/mol. The van der Waals surface area contributed by atoms with Crippen molar-refractivity contribution >= 4 is 56.8 Å². The third-order valence-electron chi connectivity index (χ3n) is 16.3. The molecule has 3 aliphatic rings. The Labute approximate surface area is 512 Å². The molecule has 0 bridgehead atoms. The summed E-state index contributed by atoms with van der Waals surface area (Å²) < 4.78 is 161. The standard InChI is InChI=1S/C69H54B3F6N3O9/c1-82-49-28-16-43(17-29-49)55-10-7-11-56(44-18-30-50(83-2)31-19-44)64(55)79-40-61-67(88-70(79,73)74)62-41-80(65-57(45-20-32-51(84-3)33-21-45)12-8-13-58(65)46-22-34-52(85-4)35-23-46)72(77,78)90-69(62)63-42-81(71(75,76)89-68(61)63)66-59(47-24-36-53(86-5)37-25-47)14-9-15-60(66)48-26-38-54(87-6)39-27-48/h7-42H,1-6H3. The first kappa shape index (κ1) is 58.2. The van der Waals surface area contributed by atoms with Gasteiger partial charge in [0.05, 0.1) is 42.7 Å². The largest absolute Gasteiger partial charge is 0.891 e. The van der Waals surface area contributed by atoms with Crippen molar-refractivity contribution < 1.29 is 54.3 Å². The number of halogens is 6. The quantitative estimate of drug-likeness (QED) is 0.0564. The number of rotatable bonds is 15. The van der Waals surface area contributed by atoms with Gasteiger partial charge in [0.1, 0.15) is 34.5 Å². The summed E-state index contributed by atoms with van der Waals surface area (Å²) in [5.41, 5.74) is 1.92. The fourth-order valence-electron chi connectivity index (χ4n) is 11.9. The van der Waals surface area contributed by atoms with Crippen molar-refractivity contribution in [3.8, 4) is 101 Å². The van der Waals surface area contributed by atoms with E-state index in [4.69, 9.17) is 41.4 Å². The van der Waals surface area contributed by atoms with Gasteiger partial charge in [-0.15, -0.1) is 0 Å². The summed E-state index contributed by atoms with van der Waals surface area (Å²) in [5, 5.41) is -1.31. The lowest BCUT2D eigenvalue weighted by Crippen LogP contribution is -2.74. The van der Waals surface area contributed by atoms with E-state index in [0.29, 0.717) is 82.3 Å². The summed E-state index contributed by atoms with van der Waals surface area (Å²) in [6.07, 6.45) is 2.96. The molecule has 10 aromatic carbocycles. The molecule has 0 saturated carbocycles. The van der Waals surface area contributed by atoms with E-state index in [-0.39, 0.29) is 50.4 Å². The van der Waals surface area contributed by atoms with Crippen LogP contribution in [0.25, 0.3) is 85.4 Å². The molecule has 0 saturated heterocycles. The first-order valence-electron chi connectivity index (χ1n) is 28.5. The fourth-order valence-corrected chi connectivity index (χ4v) is 11.9. The zero-order chi connectivity index (χ0) is 62.6. The topological polar surface area (TPSA) is 99.0 Å². The lowest BCUT2D eigenvalue weighted by molar-refractivity contribution is 0.415. The summed E-state index contributed by atoms with van der Waals surface area (Å²) in [4.78, 5) is 1.82. The van der Waals surface area contributed by atoms with E-state index >= 15 is 25.9 Å². The van der Waals surface area contributed by atoms with Crippen LogP contribution >= 0.6 is 0 Å². The van der Waals surface area contributed by atoms with Gasteiger partial charge in [0, 0.05) is 69.0 Å². The van der Waals surface area contributed by atoms with Crippen LogP contribution in [0.1, 0.15) is 0 Å². The first-order chi connectivity index (χ1) is 43.5. The maximum atomic E-state index is 18.3. The number of hydrogen-bond donors (Lipinski definition) is 0. The van der Waals surface area contributed by atoms with E-state index in [1.807, 2.05) is 0 Å². The van der Waals surface area contributed by atoms with Crippen molar-refractivity contribution in [2.45, 2.75) is 0 Å². The lowest BCUT2D eigenvalue weighted by Gasteiger charge is -2.33. The molecule has 450 valence electrons. The molecule has 12 nitrogen and oxygen atoms in total. The molecule has 0 amide bonds. The van der Waals surface area contributed by atoms with E-state index < -0.39 is 53.1 Å². The second-order valence-corrected chi connectivity index (χ2v) is 21.4. The summed E-state index contributed by atoms with van der Waals surface area (Å²) in [6, 6.07) is 55.5. The van der Waals surface area contributed by atoms with Gasteiger partial charge in [-0.1, -0.05) is 127 Å². The highest BCUT2D eigenvalue weighted by molar-refractivity contribution is 6.76. The third-order valence-corrected chi connectivity index (χ3v) is 16.3. The average Bonchev–Trinajstić information content (AvgIpc) is 0.706. The maximum Gasteiger partial charge on any atom is 0.891 e. The molecule has 0 atom stereocenters. The number of hydrogen-bond acceptors (Lipinski definition) is 9. The van der Waals surface area contributed by atoms with Crippen molar-refractivity contribution in [3.05, 3.63) is 245 Å². The Morgan fingerprint density at radius 1 is 0.256 bits per heavy atom. The second-order valence-electron chi connectivity index (χ2n) is 21.4. The summed E-state index contributed by atoms with van der Waals surface area (Å²) in [6.45, 7) is 0. The molecule has 10 aromatic rings. The number of benzene rings is 10. The van der Waals surface area contributed by atoms with Crippen LogP contribution in [0, 0.1) is 0 Å². The molecule has 21 heteroatoms. The molecule has 0 fully saturated rings.